The first-order valence-electron chi connectivity index (χ1n) is 7.86. The molecule has 1 aliphatic rings. The minimum atomic E-state index is -0.528. The van der Waals surface area contributed by atoms with Crippen molar-refractivity contribution < 1.29 is 18.7 Å². The summed E-state index contributed by atoms with van der Waals surface area (Å²) < 4.78 is 25.3. The lowest BCUT2D eigenvalue weighted by Crippen LogP contribution is -2.26. The van der Waals surface area contributed by atoms with Gasteiger partial charge in [-0.15, -0.1) is 0 Å². The van der Waals surface area contributed by atoms with E-state index >= 15 is 0 Å². The summed E-state index contributed by atoms with van der Waals surface area (Å²) in [5.41, 5.74) is 1.25. The van der Waals surface area contributed by atoms with E-state index in [1.165, 1.54) is 16.8 Å². The van der Waals surface area contributed by atoms with E-state index in [9.17, 15) is 9.18 Å². The van der Waals surface area contributed by atoms with Crippen molar-refractivity contribution in [3.63, 3.8) is 0 Å². The molecular weight excluding hydrogens is 335 g/mol. The van der Waals surface area contributed by atoms with Gasteiger partial charge in [-0.25, -0.2) is 13.9 Å². The van der Waals surface area contributed by atoms with Crippen LogP contribution in [0.2, 0.25) is 5.15 Å². The van der Waals surface area contributed by atoms with Crippen molar-refractivity contribution in [1.29, 1.82) is 0 Å². The van der Waals surface area contributed by atoms with Crippen molar-refractivity contribution in [2.24, 2.45) is 0 Å². The summed E-state index contributed by atoms with van der Waals surface area (Å²) in [7, 11) is 0. The van der Waals surface area contributed by atoms with Crippen LogP contribution in [0.3, 0.4) is 0 Å². The summed E-state index contributed by atoms with van der Waals surface area (Å²) in [4.78, 5) is 12.4. The third-order valence-corrected chi connectivity index (χ3v) is 4.30. The van der Waals surface area contributed by atoms with Crippen LogP contribution in [0.5, 0.6) is 0 Å². The molecule has 1 atom stereocenters. The van der Waals surface area contributed by atoms with E-state index in [0.717, 1.165) is 19.3 Å². The molecule has 1 fully saturated rings. The second-order valence-corrected chi connectivity index (χ2v) is 6.08. The van der Waals surface area contributed by atoms with Crippen molar-refractivity contribution in [2.75, 3.05) is 13.2 Å². The van der Waals surface area contributed by atoms with E-state index in [1.54, 1.807) is 19.1 Å². The number of hydrogen-bond acceptors (Lipinski definition) is 4. The molecule has 1 aliphatic heterocycles. The summed E-state index contributed by atoms with van der Waals surface area (Å²) in [6.07, 6.45) is 2.94. The zero-order valence-corrected chi connectivity index (χ0v) is 14.1. The number of rotatable bonds is 4. The van der Waals surface area contributed by atoms with Crippen LogP contribution in [0.1, 0.15) is 35.3 Å². The van der Waals surface area contributed by atoms with Crippen LogP contribution in [-0.2, 0) is 9.47 Å². The monoisotopic (exact) mass is 352 g/mol. The normalized spacial score (nSPS) is 17.7. The second kappa shape index (κ2) is 7.32. The van der Waals surface area contributed by atoms with Gasteiger partial charge < -0.3 is 9.47 Å². The third-order valence-electron chi connectivity index (χ3n) is 3.95. The zero-order valence-electron chi connectivity index (χ0n) is 13.3. The van der Waals surface area contributed by atoms with Crippen molar-refractivity contribution >= 4 is 17.6 Å². The maximum Gasteiger partial charge on any atom is 0.343 e. The quantitative estimate of drug-likeness (QED) is 0.787. The molecule has 0 amide bonds. The fraction of sp³-hybridized carbons (Fsp3) is 0.412. The molecule has 0 bridgehead atoms. The van der Waals surface area contributed by atoms with Crippen LogP contribution in [0, 0.1) is 12.7 Å². The fourth-order valence-electron chi connectivity index (χ4n) is 2.66. The molecule has 2 heterocycles. The van der Waals surface area contributed by atoms with E-state index in [-0.39, 0.29) is 29.2 Å². The molecule has 0 spiro atoms. The first-order chi connectivity index (χ1) is 11.6. The maximum absolute atomic E-state index is 13.0. The Morgan fingerprint density at radius 1 is 1.42 bits per heavy atom. The van der Waals surface area contributed by atoms with Crippen molar-refractivity contribution in [3.05, 3.63) is 46.5 Å². The average Bonchev–Trinajstić information content (AvgIpc) is 2.89. The Balaban J connectivity index is 1.75. The second-order valence-electron chi connectivity index (χ2n) is 5.73. The molecule has 1 aromatic heterocycles. The first kappa shape index (κ1) is 16.9. The molecule has 1 aromatic carbocycles. The molecule has 1 saturated heterocycles. The third kappa shape index (κ3) is 3.60. The van der Waals surface area contributed by atoms with Gasteiger partial charge in [-0.2, -0.15) is 5.10 Å². The maximum atomic E-state index is 13.0. The number of benzene rings is 1. The van der Waals surface area contributed by atoms with Gasteiger partial charge in [0.1, 0.15) is 23.1 Å². The lowest BCUT2D eigenvalue weighted by Gasteiger charge is -2.22. The molecule has 128 valence electrons. The molecule has 0 N–H and O–H groups in total. The molecule has 0 aliphatic carbocycles. The van der Waals surface area contributed by atoms with Crippen molar-refractivity contribution in [2.45, 2.75) is 32.3 Å². The highest BCUT2D eigenvalue weighted by Crippen LogP contribution is 2.25. The molecular formula is C17H18ClFN2O3. The van der Waals surface area contributed by atoms with Gasteiger partial charge in [0.15, 0.2) is 0 Å². The Bertz CT molecular complexity index is 724. The number of nitrogens with zero attached hydrogens (tertiary/aromatic N) is 2. The molecule has 3 rings (SSSR count). The lowest BCUT2D eigenvalue weighted by atomic mass is 10.1. The van der Waals surface area contributed by atoms with Crippen LogP contribution in [0.25, 0.3) is 5.69 Å². The van der Waals surface area contributed by atoms with E-state index in [4.69, 9.17) is 21.1 Å². The van der Waals surface area contributed by atoms with E-state index in [1.807, 2.05) is 0 Å². The summed E-state index contributed by atoms with van der Waals surface area (Å²) in [6, 6.07) is 5.69. The summed E-state index contributed by atoms with van der Waals surface area (Å²) in [5.74, 6) is -0.883. The number of ether oxygens (including phenoxy) is 2. The number of hydrogen-bond donors (Lipinski definition) is 0. The molecule has 1 unspecified atom stereocenters. The van der Waals surface area contributed by atoms with Crippen LogP contribution >= 0.6 is 11.6 Å². The highest BCUT2D eigenvalue weighted by Gasteiger charge is 2.24. The standard InChI is InChI=1S/C17H18ClFN2O3/c1-11-15(17(22)24-10-14-4-2-3-9-23-14)16(18)21(20-11)13-7-5-12(19)6-8-13/h5-8,14H,2-4,9-10H2,1H3. The van der Waals surface area contributed by atoms with Crippen LogP contribution in [0.15, 0.2) is 24.3 Å². The van der Waals surface area contributed by atoms with Gasteiger partial charge in [-0.3, -0.25) is 0 Å². The first-order valence-corrected chi connectivity index (χ1v) is 8.24. The highest BCUT2D eigenvalue weighted by atomic mass is 35.5. The van der Waals surface area contributed by atoms with Crippen LogP contribution in [-0.4, -0.2) is 35.1 Å². The predicted octanol–water partition coefficient (Wildman–Crippen LogP) is 3.70. The Morgan fingerprint density at radius 2 is 2.17 bits per heavy atom. The number of aromatic nitrogens is 2. The van der Waals surface area contributed by atoms with Gasteiger partial charge in [0.05, 0.1) is 17.5 Å². The molecule has 0 radical (unpaired) electrons. The van der Waals surface area contributed by atoms with Crippen molar-refractivity contribution in [3.8, 4) is 5.69 Å². The Labute approximate surface area is 144 Å². The topological polar surface area (TPSA) is 53.4 Å². The Kier molecular flexibility index (Phi) is 5.16. The van der Waals surface area contributed by atoms with E-state index in [0.29, 0.717) is 18.0 Å². The lowest BCUT2D eigenvalue weighted by molar-refractivity contribution is -0.0300. The fourth-order valence-corrected chi connectivity index (χ4v) is 3.01. The summed E-state index contributed by atoms with van der Waals surface area (Å²) >= 11 is 6.29. The summed E-state index contributed by atoms with van der Waals surface area (Å²) in [6.45, 7) is 2.58. The summed E-state index contributed by atoms with van der Waals surface area (Å²) in [5, 5.41) is 4.40. The van der Waals surface area contributed by atoms with Gasteiger partial charge in [-0.05, 0) is 50.5 Å². The Hall–Kier alpha value is -1.92. The highest BCUT2D eigenvalue weighted by molar-refractivity contribution is 6.33. The van der Waals surface area contributed by atoms with Crippen molar-refractivity contribution in [1.82, 2.24) is 9.78 Å². The minimum Gasteiger partial charge on any atom is -0.459 e. The molecule has 5 nitrogen and oxygen atoms in total. The molecule has 2 aromatic rings. The molecule has 0 saturated carbocycles. The zero-order chi connectivity index (χ0) is 17.1. The molecule has 24 heavy (non-hydrogen) atoms. The van der Waals surface area contributed by atoms with E-state index < -0.39 is 5.97 Å². The van der Waals surface area contributed by atoms with E-state index in [2.05, 4.69) is 5.10 Å². The SMILES string of the molecule is Cc1nn(-c2ccc(F)cc2)c(Cl)c1C(=O)OCC1CCCCO1. The number of carbonyl (C=O) groups excluding carboxylic acids is 1. The van der Waals surface area contributed by atoms with Gasteiger partial charge in [0.25, 0.3) is 0 Å². The smallest absolute Gasteiger partial charge is 0.343 e. The van der Waals surface area contributed by atoms with Gasteiger partial charge in [0.2, 0.25) is 0 Å². The number of aryl methyl sites for hydroxylation is 1. The largest absolute Gasteiger partial charge is 0.459 e. The average molecular weight is 353 g/mol. The van der Waals surface area contributed by atoms with Crippen LogP contribution in [0.4, 0.5) is 4.39 Å². The van der Waals surface area contributed by atoms with Gasteiger partial charge in [-0.1, -0.05) is 11.6 Å². The molecule has 7 heteroatoms. The minimum absolute atomic E-state index is 0.0612. The number of esters is 1. The number of carbonyl (C=O) groups is 1. The van der Waals surface area contributed by atoms with Crippen LogP contribution < -0.4 is 0 Å². The van der Waals surface area contributed by atoms with Gasteiger partial charge >= 0.3 is 5.97 Å². The predicted molar refractivity (Wildman–Crippen MR) is 87.1 cm³/mol. The Morgan fingerprint density at radius 3 is 2.83 bits per heavy atom. The van der Waals surface area contributed by atoms with Gasteiger partial charge in [0, 0.05) is 6.61 Å². The number of halogens is 2.